The summed E-state index contributed by atoms with van der Waals surface area (Å²) in [6, 6.07) is 0.576. The SMILES string of the molecule is CCOC(=O)CCCNC(CC(C)C)CC(C)C. The van der Waals surface area contributed by atoms with Crippen molar-refractivity contribution in [2.45, 2.75) is 66.3 Å². The lowest BCUT2D eigenvalue weighted by molar-refractivity contribution is -0.143. The Bertz CT molecular complexity index is 205. The molecule has 0 unspecified atom stereocenters. The van der Waals surface area contributed by atoms with Crippen molar-refractivity contribution in [3.8, 4) is 0 Å². The largest absolute Gasteiger partial charge is 0.466 e. The number of hydrogen-bond donors (Lipinski definition) is 1. The number of nitrogens with one attached hydrogen (secondary N) is 1. The number of ether oxygens (including phenoxy) is 1. The first-order valence-electron chi connectivity index (χ1n) is 7.34. The van der Waals surface area contributed by atoms with E-state index < -0.39 is 0 Å². The summed E-state index contributed by atoms with van der Waals surface area (Å²) in [7, 11) is 0. The lowest BCUT2D eigenvalue weighted by Gasteiger charge is -2.22. The van der Waals surface area contributed by atoms with Crippen LogP contribution in [0.2, 0.25) is 0 Å². The minimum Gasteiger partial charge on any atom is -0.466 e. The van der Waals surface area contributed by atoms with Gasteiger partial charge >= 0.3 is 5.97 Å². The van der Waals surface area contributed by atoms with Crippen LogP contribution in [0.5, 0.6) is 0 Å². The molecule has 0 spiro atoms. The van der Waals surface area contributed by atoms with E-state index >= 15 is 0 Å². The van der Waals surface area contributed by atoms with E-state index in [1.807, 2.05) is 6.92 Å². The van der Waals surface area contributed by atoms with Crippen LogP contribution in [0.1, 0.15) is 60.3 Å². The molecule has 0 aliphatic rings. The van der Waals surface area contributed by atoms with Crippen molar-refractivity contribution in [3.05, 3.63) is 0 Å². The zero-order chi connectivity index (χ0) is 14.0. The fourth-order valence-electron chi connectivity index (χ4n) is 2.17. The Labute approximate surface area is 113 Å². The normalized spacial score (nSPS) is 11.6. The Kier molecular flexibility index (Phi) is 10.0. The van der Waals surface area contributed by atoms with Crippen LogP contribution in [-0.2, 0) is 9.53 Å². The van der Waals surface area contributed by atoms with E-state index in [-0.39, 0.29) is 5.97 Å². The van der Waals surface area contributed by atoms with E-state index in [4.69, 9.17) is 4.74 Å². The summed E-state index contributed by atoms with van der Waals surface area (Å²) in [6.07, 6.45) is 3.80. The molecule has 0 heterocycles. The molecule has 1 N–H and O–H groups in total. The van der Waals surface area contributed by atoms with Crippen molar-refractivity contribution in [1.29, 1.82) is 0 Å². The van der Waals surface area contributed by atoms with Crippen LogP contribution in [0.15, 0.2) is 0 Å². The number of carbonyl (C=O) groups is 1. The summed E-state index contributed by atoms with van der Waals surface area (Å²) >= 11 is 0. The zero-order valence-corrected chi connectivity index (χ0v) is 12.8. The van der Waals surface area contributed by atoms with Crippen molar-refractivity contribution < 1.29 is 9.53 Å². The summed E-state index contributed by atoms with van der Waals surface area (Å²) in [5, 5.41) is 3.57. The van der Waals surface area contributed by atoms with E-state index in [1.54, 1.807) is 0 Å². The Morgan fingerprint density at radius 2 is 1.67 bits per heavy atom. The van der Waals surface area contributed by atoms with Gasteiger partial charge in [0.2, 0.25) is 0 Å². The maximum atomic E-state index is 11.2. The lowest BCUT2D eigenvalue weighted by Crippen LogP contribution is -2.32. The third-order valence-electron chi connectivity index (χ3n) is 2.81. The Morgan fingerprint density at radius 3 is 2.11 bits per heavy atom. The van der Waals surface area contributed by atoms with Gasteiger partial charge in [0, 0.05) is 12.5 Å². The van der Waals surface area contributed by atoms with E-state index in [0.717, 1.165) is 13.0 Å². The molecule has 0 atom stereocenters. The van der Waals surface area contributed by atoms with Gasteiger partial charge in [-0.1, -0.05) is 27.7 Å². The summed E-state index contributed by atoms with van der Waals surface area (Å²) in [6.45, 7) is 12.3. The molecule has 0 rings (SSSR count). The average Bonchev–Trinajstić information content (AvgIpc) is 2.23. The smallest absolute Gasteiger partial charge is 0.305 e. The predicted molar refractivity (Wildman–Crippen MR) is 76.6 cm³/mol. The molecular formula is C15H31NO2. The van der Waals surface area contributed by atoms with Crippen molar-refractivity contribution in [2.75, 3.05) is 13.2 Å². The summed E-state index contributed by atoms with van der Waals surface area (Å²) in [5.41, 5.74) is 0. The molecule has 0 aromatic carbocycles. The second-order valence-electron chi connectivity index (χ2n) is 5.82. The molecular weight excluding hydrogens is 226 g/mol. The van der Waals surface area contributed by atoms with Gasteiger partial charge in [0.1, 0.15) is 0 Å². The van der Waals surface area contributed by atoms with Gasteiger partial charge in [0.15, 0.2) is 0 Å². The standard InChI is InChI=1S/C15H31NO2/c1-6-18-15(17)8-7-9-16-14(10-12(2)3)11-13(4)5/h12-14,16H,6-11H2,1-5H3. The van der Waals surface area contributed by atoms with E-state index in [1.165, 1.54) is 12.8 Å². The van der Waals surface area contributed by atoms with Gasteiger partial charge in [-0.3, -0.25) is 4.79 Å². The first kappa shape index (κ1) is 17.4. The van der Waals surface area contributed by atoms with Gasteiger partial charge in [-0.15, -0.1) is 0 Å². The highest BCUT2D eigenvalue weighted by molar-refractivity contribution is 5.69. The third-order valence-corrected chi connectivity index (χ3v) is 2.81. The van der Waals surface area contributed by atoms with Gasteiger partial charge in [-0.25, -0.2) is 0 Å². The van der Waals surface area contributed by atoms with Crippen LogP contribution in [-0.4, -0.2) is 25.2 Å². The third kappa shape index (κ3) is 10.6. The molecule has 0 saturated carbocycles. The number of rotatable bonds is 10. The minimum absolute atomic E-state index is 0.0800. The lowest BCUT2D eigenvalue weighted by atomic mass is 9.95. The first-order valence-corrected chi connectivity index (χ1v) is 7.34. The van der Waals surface area contributed by atoms with Crippen molar-refractivity contribution in [3.63, 3.8) is 0 Å². The van der Waals surface area contributed by atoms with Crippen LogP contribution in [0.3, 0.4) is 0 Å². The average molecular weight is 257 g/mol. The van der Waals surface area contributed by atoms with Gasteiger partial charge in [-0.05, 0) is 44.6 Å². The van der Waals surface area contributed by atoms with Crippen LogP contribution in [0.4, 0.5) is 0 Å². The second-order valence-corrected chi connectivity index (χ2v) is 5.82. The molecule has 0 aliphatic heterocycles. The first-order chi connectivity index (χ1) is 8.45. The molecule has 0 radical (unpaired) electrons. The summed E-state index contributed by atoms with van der Waals surface area (Å²) < 4.78 is 4.91. The molecule has 108 valence electrons. The molecule has 0 amide bonds. The highest BCUT2D eigenvalue weighted by atomic mass is 16.5. The van der Waals surface area contributed by atoms with Crippen molar-refractivity contribution in [1.82, 2.24) is 5.32 Å². The summed E-state index contributed by atoms with van der Waals surface area (Å²) in [4.78, 5) is 11.2. The van der Waals surface area contributed by atoms with Crippen LogP contribution in [0.25, 0.3) is 0 Å². The van der Waals surface area contributed by atoms with Gasteiger partial charge in [0.25, 0.3) is 0 Å². The van der Waals surface area contributed by atoms with Gasteiger partial charge in [0.05, 0.1) is 6.61 Å². The molecule has 3 heteroatoms. The topological polar surface area (TPSA) is 38.3 Å². The number of hydrogen-bond acceptors (Lipinski definition) is 3. The molecule has 0 saturated heterocycles. The van der Waals surface area contributed by atoms with Crippen LogP contribution < -0.4 is 5.32 Å². The summed E-state index contributed by atoms with van der Waals surface area (Å²) in [5.74, 6) is 1.35. The molecule has 3 nitrogen and oxygen atoms in total. The molecule has 0 bridgehead atoms. The molecule has 0 fully saturated rings. The van der Waals surface area contributed by atoms with Crippen molar-refractivity contribution >= 4 is 5.97 Å². The maximum Gasteiger partial charge on any atom is 0.305 e. The highest BCUT2D eigenvalue weighted by Gasteiger charge is 2.12. The molecule has 0 aliphatic carbocycles. The Morgan fingerprint density at radius 1 is 1.11 bits per heavy atom. The maximum absolute atomic E-state index is 11.2. The molecule has 0 aromatic rings. The quantitative estimate of drug-likeness (QED) is 0.481. The van der Waals surface area contributed by atoms with Gasteiger partial charge in [-0.2, -0.15) is 0 Å². The predicted octanol–water partition coefficient (Wildman–Crippen LogP) is 3.38. The van der Waals surface area contributed by atoms with E-state index in [9.17, 15) is 4.79 Å². The number of esters is 1. The Hall–Kier alpha value is -0.570. The van der Waals surface area contributed by atoms with Crippen LogP contribution in [0, 0.1) is 11.8 Å². The fraction of sp³-hybridized carbons (Fsp3) is 0.933. The minimum atomic E-state index is -0.0800. The number of carbonyl (C=O) groups excluding carboxylic acids is 1. The molecule has 0 aromatic heterocycles. The van der Waals surface area contributed by atoms with E-state index in [2.05, 4.69) is 33.0 Å². The molecule has 18 heavy (non-hydrogen) atoms. The van der Waals surface area contributed by atoms with E-state index in [0.29, 0.717) is 30.9 Å². The zero-order valence-electron chi connectivity index (χ0n) is 12.8. The van der Waals surface area contributed by atoms with Crippen molar-refractivity contribution in [2.24, 2.45) is 11.8 Å². The van der Waals surface area contributed by atoms with Gasteiger partial charge < -0.3 is 10.1 Å². The Balaban J connectivity index is 3.78. The monoisotopic (exact) mass is 257 g/mol. The fourth-order valence-corrected chi connectivity index (χ4v) is 2.17. The second kappa shape index (κ2) is 10.4. The highest BCUT2D eigenvalue weighted by Crippen LogP contribution is 2.13. The van der Waals surface area contributed by atoms with Crippen LogP contribution >= 0.6 is 0 Å².